The molecule has 0 saturated carbocycles. The molecule has 0 spiro atoms. The van der Waals surface area contributed by atoms with Crippen LogP contribution >= 0.6 is 0 Å². The molecule has 0 bridgehead atoms. The van der Waals surface area contributed by atoms with E-state index in [1.165, 1.54) is 38.2 Å². The quantitative estimate of drug-likeness (QED) is 0.196. The number of allylic oxidation sites excluding steroid dienone is 3. The van der Waals surface area contributed by atoms with Crippen LogP contribution < -0.4 is 0 Å². The maximum atomic E-state index is 12.5. The van der Waals surface area contributed by atoms with Crippen LogP contribution in [0.3, 0.4) is 0 Å². The molecule has 33 heavy (non-hydrogen) atoms. The molecular formula is C27H44O6. The minimum absolute atomic E-state index is 0.234. The third-order valence-corrected chi connectivity index (χ3v) is 5.90. The van der Waals surface area contributed by atoms with Gasteiger partial charge in [0.2, 0.25) is 0 Å². The number of ether oxygens (including phenoxy) is 1. The number of aliphatic hydroxyl groups excluding tert-OH is 2. The van der Waals surface area contributed by atoms with Crippen molar-refractivity contribution < 1.29 is 29.6 Å². The van der Waals surface area contributed by atoms with Crippen LogP contribution in [0.15, 0.2) is 35.5 Å². The zero-order valence-corrected chi connectivity index (χ0v) is 20.5. The lowest BCUT2D eigenvalue weighted by Crippen LogP contribution is -2.28. The van der Waals surface area contributed by atoms with Gasteiger partial charge in [0.15, 0.2) is 0 Å². The number of hydrogen-bond acceptors (Lipinski definition) is 5. The van der Waals surface area contributed by atoms with Gasteiger partial charge in [-0.1, -0.05) is 75.7 Å². The summed E-state index contributed by atoms with van der Waals surface area (Å²) in [4.78, 5) is 23.7. The first-order chi connectivity index (χ1) is 15.8. The van der Waals surface area contributed by atoms with Crippen molar-refractivity contribution in [2.75, 3.05) is 0 Å². The van der Waals surface area contributed by atoms with Crippen molar-refractivity contribution in [2.45, 2.75) is 122 Å². The van der Waals surface area contributed by atoms with E-state index in [0.29, 0.717) is 31.3 Å². The van der Waals surface area contributed by atoms with Gasteiger partial charge in [-0.3, -0.25) is 4.79 Å². The molecule has 0 aromatic rings. The molecule has 0 aromatic carbocycles. The van der Waals surface area contributed by atoms with E-state index in [1.54, 1.807) is 0 Å². The predicted octanol–water partition coefficient (Wildman–Crippen LogP) is 5.63. The van der Waals surface area contributed by atoms with Crippen LogP contribution in [0.25, 0.3) is 0 Å². The van der Waals surface area contributed by atoms with Crippen LogP contribution in [0.4, 0.5) is 0 Å². The molecule has 0 radical (unpaired) electrons. The van der Waals surface area contributed by atoms with Crippen molar-refractivity contribution in [3.8, 4) is 0 Å². The number of cyclic esters (lactones) is 1. The second kappa shape index (κ2) is 17.5. The molecule has 1 heterocycles. The SMILES string of the molecule is CCCCCCCCCC(O)CC1CC(O)C/C(C)=C\C/C=C\C/C(CC(=O)O)=C\C(=O)O1. The minimum atomic E-state index is -1.00. The number of aliphatic carboxylic acids is 1. The highest BCUT2D eigenvalue weighted by Crippen LogP contribution is 2.20. The Morgan fingerprint density at radius 3 is 2.55 bits per heavy atom. The summed E-state index contributed by atoms with van der Waals surface area (Å²) in [6, 6.07) is 0. The van der Waals surface area contributed by atoms with E-state index in [1.807, 2.05) is 25.2 Å². The monoisotopic (exact) mass is 464 g/mol. The van der Waals surface area contributed by atoms with Crippen LogP contribution in [0.1, 0.15) is 104 Å². The minimum Gasteiger partial charge on any atom is -0.481 e. The van der Waals surface area contributed by atoms with E-state index in [2.05, 4.69) is 6.92 Å². The highest BCUT2D eigenvalue weighted by molar-refractivity contribution is 5.84. The Morgan fingerprint density at radius 2 is 1.85 bits per heavy atom. The van der Waals surface area contributed by atoms with Gasteiger partial charge in [0.1, 0.15) is 6.10 Å². The molecular weight excluding hydrogens is 420 g/mol. The zero-order chi connectivity index (χ0) is 24.5. The zero-order valence-electron chi connectivity index (χ0n) is 20.5. The Balaban J connectivity index is 2.74. The first-order valence-electron chi connectivity index (χ1n) is 12.6. The number of carboxylic acid groups (broad SMARTS) is 1. The number of carbonyl (C=O) groups excluding carboxylic acids is 1. The molecule has 3 unspecified atom stereocenters. The number of unbranched alkanes of at least 4 members (excludes halogenated alkanes) is 6. The number of aliphatic hydroxyl groups is 2. The van der Waals surface area contributed by atoms with Gasteiger partial charge in [-0.25, -0.2) is 4.79 Å². The van der Waals surface area contributed by atoms with Crippen LogP contribution in [-0.2, 0) is 14.3 Å². The number of rotatable bonds is 12. The fraction of sp³-hybridized carbons (Fsp3) is 0.704. The van der Waals surface area contributed by atoms with Crippen LogP contribution in [0, 0.1) is 0 Å². The lowest BCUT2D eigenvalue weighted by atomic mass is 9.97. The first kappa shape index (κ1) is 29.1. The fourth-order valence-electron chi connectivity index (χ4n) is 4.13. The molecule has 1 rings (SSSR count). The van der Waals surface area contributed by atoms with Gasteiger partial charge in [0.05, 0.1) is 18.6 Å². The van der Waals surface area contributed by atoms with E-state index >= 15 is 0 Å². The van der Waals surface area contributed by atoms with Crippen LogP contribution in [0.2, 0.25) is 0 Å². The topological polar surface area (TPSA) is 104 Å². The summed E-state index contributed by atoms with van der Waals surface area (Å²) in [7, 11) is 0. The van der Waals surface area contributed by atoms with Crippen molar-refractivity contribution in [1.82, 2.24) is 0 Å². The summed E-state index contributed by atoms with van der Waals surface area (Å²) in [5.41, 5.74) is 1.50. The van der Waals surface area contributed by atoms with E-state index in [9.17, 15) is 19.8 Å². The Kier molecular flexibility index (Phi) is 15.5. The van der Waals surface area contributed by atoms with E-state index in [0.717, 1.165) is 18.4 Å². The van der Waals surface area contributed by atoms with Gasteiger partial charge in [-0.15, -0.1) is 0 Å². The largest absolute Gasteiger partial charge is 0.481 e. The lowest BCUT2D eigenvalue weighted by molar-refractivity contribution is -0.146. The van der Waals surface area contributed by atoms with Gasteiger partial charge >= 0.3 is 11.9 Å². The number of carbonyl (C=O) groups is 2. The summed E-state index contributed by atoms with van der Waals surface area (Å²) < 4.78 is 5.58. The third-order valence-electron chi connectivity index (χ3n) is 5.90. The first-order valence-corrected chi connectivity index (χ1v) is 12.6. The lowest BCUT2D eigenvalue weighted by Gasteiger charge is -2.23. The molecule has 0 saturated heterocycles. The Hall–Kier alpha value is -1.92. The average molecular weight is 465 g/mol. The molecule has 0 aliphatic carbocycles. The van der Waals surface area contributed by atoms with Gasteiger partial charge in [0.25, 0.3) is 0 Å². The van der Waals surface area contributed by atoms with Gasteiger partial charge in [-0.2, -0.15) is 0 Å². The van der Waals surface area contributed by atoms with Crippen molar-refractivity contribution in [2.24, 2.45) is 0 Å². The molecule has 188 valence electrons. The van der Waals surface area contributed by atoms with Crippen LogP contribution in [0.5, 0.6) is 0 Å². The molecule has 3 N–H and O–H groups in total. The molecule has 0 aromatic heterocycles. The molecule has 0 fully saturated rings. The van der Waals surface area contributed by atoms with Crippen LogP contribution in [-0.4, -0.2) is 45.6 Å². The molecule has 3 atom stereocenters. The molecule has 1 aliphatic rings. The molecule has 6 heteroatoms. The summed E-state index contributed by atoms with van der Waals surface area (Å²) in [5.74, 6) is -1.62. The number of esters is 1. The maximum Gasteiger partial charge on any atom is 0.331 e. The van der Waals surface area contributed by atoms with Crippen molar-refractivity contribution in [3.05, 3.63) is 35.5 Å². The Bertz CT molecular complexity index is 664. The summed E-state index contributed by atoms with van der Waals surface area (Å²) in [6.07, 6.45) is 15.7. The Morgan fingerprint density at radius 1 is 1.15 bits per heavy atom. The van der Waals surface area contributed by atoms with E-state index in [-0.39, 0.29) is 19.3 Å². The highest BCUT2D eigenvalue weighted by atomic mass is 16.5. The van der Waals surface area contributed by atoms with Gasteiger partial charge < -0.3 is 20.1 Å². The number of hydrogen-bond donors (Lipinski definition) is 3. The second-order valence-corrected chi connectivity index (χ2v) is 9.29. The van der Waals surface area contributed by atoms with Gasteiger partial charge in [0, 0.05) is 18.9 Å². The van der Waals surface area contributed by atoms with Gasteiger partial charge in [-0.05, 0) is 38.2 Å². The standard InChI is InChI=1S/C27H44O6/c1-3-4-5-6-7-8-12-15-23(28)19-25-20-24(29)16-21(2)13-10-9-11-14-22(17-26(30)31)18-27(32)33-25/h9,11,13,18,23-25,28-29H,3-8,10,12,14-17,19-20H2,1-2H3,(H,30,31)/b11-9-,21-13-,22-18+. The van der Waals surface area contributed by atoms with E-state index < -0.39 is 30.3 Å². The summed E-state index contributed by atoms with van der Waals surface area (Å²) >= 11 is 0. The smallest absolute Gasteiger partial charge is 0.331 e. The second-order valence-electron chi connectivity index (χ2n) is 9.29. The highest BCUT2D eigenvalue weighted by Gasteiger charge is 2.22. The molecule has 1 aliphatic heterocycles. The summed E-state index contributed by atoms with van der Waals surface area (Å²) in [6.45, 7) is 4.15. The fourth-order valence-corrected chi connectivity index (χ4v) is 4.13. The number of carboxylic acids is 1. The third kappa shape index (κ3) is 15.5. The summed E-state index contributed by atoms with van der Waals surface area (Å²) in [5, 5.41) is 30.2. The maximum absolute atomic E-state index is 12.5. The molecule has 0 amide bonds. The average Bonchev–Trinajstić information content (AvgIpc) is 2.71. The van der Waals surface area contributed by atoms with E-state index in [4.69, 9.17) is 9.84 Å². The van der Waals surface area contributed by atoms with Crippen molar-refractivity contribution >= 4 is 11.9 Å². The Labute approximate surface area is 199 Å². The predicted molar refractivity (Wildman–Crippen MR) is 131 cm³/mol. The van der Waals surface area contributed by atoms with Crippen molar-refractivity contribution in [3.63, 3.8) is 0 Å². The normalized spacial score (nSPS) is 25.6. The van der Waals surface area contributed by atoms with Crippen molar-refractivity contribution in [1.29, 1.82) is 0 Å². The molecule has 6 nitrogen and oxygen atoms in total.